The van der Waals surface area contributed by atoms with Gasteiger partial charge in [0.2, 0.25) is 9.84 Å². The minimum absolute atomic E-state index is 0.135. The van der Waals surface area contributed by atoms with Crippen molar-refractivity contribution in [2.75, 3.05) is 13.7 Å². The number of oxime groups is 1. The summed E-state index contributed by atoms with van der Waals surface area (Å²) in [6.45, 7) is 2.54. The Labute approximate surface area is 162 Å². The number of thiophene rings is 1. The molecule has 8 heteroatoms. The Kier molecular flexibility index (Phi) is 4.62. The zero-order chi connectivity index (χ0) is 19.2. The number of ether oxygens (including phenoxy) is 2. The molecule has 6 nitrogen and oxygen atoms in total. The molecular formula is C19H21NO5S2. The van der Waals surface area contributed by atoms with Gasteiger partial charge in [0, 0.05) is 19.1 Å². The molecule has 2 unspecified atom stereocenters. The lowest BCUT2D eigenvalue weighted by atomic mass is 9.90. The summed E-state index contributed by atoms with van der Waals surface area (Å²) < 4.78 is 38.0. The van der Waals surface area contributed by atoms with E-state index in [1.165, 1.54) is 11.3 Å². The number of benzene rings is 1. The van der Waals surface area contributed by atoms with E-state index < -0.39 is 15.4 Å². The van der Waals surface area contributed by atoms with Crippen molar-refractivity contribution in [1.29, 1.82) is 0 Å². The van der Waals surface area contributed by atoms with Gasteiger partial charge < -0.3 is 14.7 Å². The standard InChI is InChI=1S/C19H21NO5S2/c1-12-19(24-2,7-8-25-12)14-10-18(26-11-14)27(22,23)15-4-5-16-13(9-15)3-6-17(16)20-21/h4-5,9-12,21H,3,6-8H2,1-2H3. The van der Waals surface area contributed by atoms with Crippen LogP contribution in [0.3, 0.4) is 0 Å². The summed E-state index contributed by atoms with van der Waals surface area (Å²) in [6, 6.07) is 6.71. The maximum Gasteiger partial charge on any atom is 0.215 e. The summed E-state index contributed by atoms with van der Waals surface area (Å²) in [6.07, 6.45) is 1.86. The highest BCUT2D eigenvalue weighted by Gasteiger charge is 2.44. The average molecular weight is 408 g/mol. The summed E-state index contributed by atoms with van der Waals surface area (Å²) in [4.78, 5) is 0.260. The van der Waals surface area contributed by atoms with E-state index in [9.17, 15) is 8.42 Å². The Hall–Kier alpha value is -1.74. The van der Waals surface area contributed by atoms with Crippen molar-refractivity contribution in [3.8, 4) is 0 Å². The van der Waals surface area contributed by atoms with E-state index >= 15 is 0 Å². The molecule has 2 atom stereocenters. The fourth-order valence-electron chi connectivity index (χ4n) is 4.00. The van der Waals surface area contributed by atoms with Gasteiger partial charge in [-0.25, -0.2) is 8.42 Å². The van der Waals surface area contributed by atoms with Crippen LogP contribution >= 0.6 is 11.3 Å². The van der Waals surface area contributed by atoms with Crippen molar-refractivity contribution in [1.82, 2.24) is 0 Å². The van der Waals surface area contributed by atoms with Gasteiger partial charge in [0.15, 0.2) is 0 Å². The van der Waals surface area contributed by atoms with E-state index in [1.807, 2.05) is 12.3 Å². The molecule has 2 aliphatic rings. The van der Waals surface area contributed by atoms with Crippen molar-refractivity contribution >= 4 is 26.9 Å². The normalized spacial score (nSPS) is 26.6. The molecule has 144 valence electrons. The molecule has 2 heterocycles. The SMILES string of the molecule is COC1(c2csc(S(=O)(=O)c3ccc4c(c3)CCC4=NO)c2)CCOC1C. The van der Waals surface area contributed by atoms with Gasteiger partial charge in [0.25, 0.3) is 0 Å². The number of rotatable bonds is 4. The van der Waals surface area contributed by atoms with Gasteiger partial charge in [-0.15, -0.1) is 11.3 Å². The van der Waals surface area contributed by atoms with Crippen LogP contribution in [0.25, 0.3) is 0 Å². The molecule has 1 aliphatic carbocycles. The molecule has 0 amide bonds. The number of aryl methyl sites for hydroxylation is 1. The average Bonchev–Trinajstić information content (AvgIpc) is 3.39. The van der Waals surface area contributed by atoms with Crippen LogP contribution < -0.4 is 0 Å². The number of sulfone groups is 1. The molecular weight excluding hydrogens is 386 g/mol. The summed E-state index contributed by atoms with van der Waals surface area (Å²) in [5, 5.41) is 14.2. The first-order chi connectivity index (χ1) is 12.9. The highest BCUT2D eigenvalue weighted by molar-refractivity contribution is 7.93. The van der Waals surface area contributed by atoms with Gasteiger partial charge in [0.1, 0.15) is 9.81 Å². The Morgan fingerprint density at radius 3 is 2.81 bits per heavy atom. The third kappa shape index (κ3) is 2.82. The van der Waals surface area contributed by atoms with E-state index in [0.29, 0.717) is 35.8 Å². The third-order valence-electron chi connectivity index (χ3n) is 5.64. The van der Waals surface area contributed by atoms with Crippen molar-refractivity contribution in [3.63, 3.8) is 0 Å². The molecule has 0 radical (unpaired) electrons. The summed E-state index contributed by atoms with van der Waals surface area (Å²) in [5.74, 6) is 0. The molecule has 27 heavy (non-hydrogen) atoms. The second kappa shape index (κ2) is 6.70. The van der Waals surface area contributed by atoms with Gasteiger partial charge in [-0.05, 0) is 54.5 Å². The largest absolute Gasteiger partial charge is 0.411 e. The van der Waals surface area contributed by atoms with E-state index in [1.54, 1.807) is 31.4 Å². The molecule has 0 spiro atoms. The lowest BCUT2D eigenvalue weighted by Crippen LogP contribution is -2.35. The Morgan fingerprint density at radius 2 is 2.15 bits per heavy atom. The topological polar surface area (TPSA) is 85.2 Å². The molecule has 1 aromatic heterocycles. The number of fused-ring (bicyclic) bond motifs is 1. The van der Waals surface area contributed by atoms with Gasteiger partial charge in [-0.3, -0.25) is 0 Å². The van der Waals surface area contributed by atoms with Gasteiger partial charge >= 0.3 is 0 Å². The Balaban J connectivity index is 1.71. The minimum atomic E-state index is -3.63. The lowest BCUT2D eigenvalue weighted by Gasteiger charge is -2.30. The van der Waals surface area contributed by atoms with Crippen LogP contribution in [0.1, 0.15) is 36.5 Å². The number of hydrogen-bond acceptors (Lipinski definition) is 7. The molecule has 1 saturated heterocycles. The number of methoxy groups -OCH3 is 1. The van der Waals surface area contributed by atoms with Crippen LogP contribution in [-0.4, -0.2) is 39.2 Å². The van der Waals surface area contributed by atoms with E-state index in [0.717, 1.165) is 16.7 Å². The first-order valence-electron chi connectivity index (χ1n) is 8.77. The smallest absolute Gasteiger partial charge is 0.215 e. The Bertz CT molecular complexity index is 1010. The summed E-state index contributed by atoms with van der Waals surface area (Å²) >= 11 is 1.21. The minimum Gasteiger partial charge on any atom is -0.411 e. The summed E-state index contributed by atoms with van der Waals surface area (Å²) in [5.41, 5.74) is 2.55. The molecule has 1 aromatic carbocycles. The predicted molar refractivity (Wildman–Crippen MR) is 102 cm³/mol. The summed E-state index contributed by atoms with van der Waals surface area (Å²) in [7, 11) is -1.99. The van der Waals surface area contributed by atoms with Gasteiger partial charge in [-0.2, -0.15) is 0 Å². The maximum atomic E-state index is 13.1. The first kappa shape index (κ1) is 18.6. The molecule has 0 bridgehead atoms. The van der Waals surface area contributed by atoms with Crippen LogP contribution in [0.2, 0.25) is 0 Å². The van der Waals surface area contributed by atoms with Crippen molar-refractivity contribution < 1.29 is 23.1 Å². The monoisotopic (exact) mass is 407 g/mol. The number of nitrogens with zero attached hydrogens (tertiary/aromatic N) is 1. The van der Waals surface area contributed by atoms with Crippen molar-refractivity contribution in [2.24, 2.45) is 5.16 Å². The zero-order valence-corrected chi connectivity index (χ0v) is 16.8. The molecule has 1 N–H and O–H groups in total. The molecule has 2 aromatic rings. The second-order valence-electron chi connectivity index (χ2n) is 6.88. The fourth-order valence-corrected chi connectivity index (χ4v) is 6.71. The molecule has 1 aliphatic heterocycles. The maximum absolute atomic E-state index is 13.1. The Morgan fingerprint density at radius 1 is 1.33 bits per heavy atom. The van der Waals surface area contributed by atoms with E-state index in [2.05, 4.69) is 5.16 Å². The predicted octanol–water partition coefficient (Wildman–Crippen LogP) is 3.36. The number of hydrogen-bond donors (Lipinski definition) is 1. The molecule has 0 saturated carbocycles. The van der Waals surface area contributed by atoms with Crippen LogP contribution in [0.15, 0.2) is 43.9 Å². The van der Waals surface area contributed by atoms with Gasteiger partial charge in [-0.1, -0.05) is 11.2 Å². The van der Waals surface area contributed by atoms with Crippen molar-refractivity contribution in [2.45, 2.75) is 47.0 Å². The molecule has 4 rings (SSSR count). The van der Waals surface area contributed by atoms with Crippen LogP contribution in [0.5, 0.6) is 0 Å². The van der Waals surface area contributed by atoms with E-state index in [-0.39, 0.29) is 11.0 Å². The zero-order valence-electron chi connectivity index (χ0n) is 15.1. The quantitative estimate of drug-likeness (QED) is 0.621. The highest BCUT2D eigenvalue weighted by Crippen LogP contribution is 2.42. The lowest BCUT2D eigenvalue weighted by molar-refractivity contribution is -0.0645. The van der Waals surface area contributed by atoms with Crippen molar-refractivity contribution in [3.05, 3.63) is 46.3 Å². The fraction of sp³-hybridized carbons (Fsp3) is 0.421. The first-order valence-corrected chi connectivity index (χ1v) is 11.1. The van der Waals surface area contributed by atoms with Gasteiger partial charge in [0.05, 0.1) is 23.3 Å². The van der Waals surface area contributed by atoms with E-state index in [4.69, 9.17) is 14.7 Å². The van der Waals surface area contributed by atoms with Crippen LogP contribution in [0.4, 0.5) is 0 Å². The van der Waals surface area contributed by atoms with Crippen LogP contribution in [0, 0.1) is 0 Å². The third-order valence-corrected chi connectivity index (χ3v) is 8.83. The molecule has 1 fully saturated rings. The van der Waals surface area contributed by atoms with Crippen LogP contribution in [-0.2, 0) is 31.3 Å². The highest BCUT2D eigenvalue weighted by atomic mass is 32.2. The second-order valence-corrected chi connectivity index (χ2v) is 9.97.